The van der Waals surface area contributed by atoms with Crippen molar-refractivity contribution in [3.05, 3.63) is 0 Å². The largest absolute Gasteiger partial charge is 0.444 e. The number of carbonyl (C=O) groups is 1. The van der Waals surface area contributed by atoms with E-state index in [9.17, 15) is 9.90 Å². The Kier molecular flexibility index (Phi) is 8.29. The molecule has 23 heavy (non-hydrogen) atoms. The maximum Gasteiger partial charge on any atom is 0.410 e. The summed E-state index contributed by atoms with van der Waals surface area (Å²) >= 11 is 0. The van der Waals surface area contributed by atoms with Crippen LogP contribution in [0.5, 0.6) is 0 Å². The summed E-state index contributed by atoms with van der Waals surface area (Å²) < 4.78 is 11.0. The predicted molar refractivity (Wildman–Crippen MR) is 90.5 cm³/mol. The minimum absolute atomic E-state index is 0.0397. The second-order valence-corrected chi connectivity index (χ2v) is 7.48. The van der Waals surface area contributed by atoms with Crippen molar-refractivity contribution in [2.24, 2.45) is 0 Å². The van der Waals surface area contributed by atoms with Crippen LogP contribution in [0, 0.1) is 0 Å². The summed E-state index contributed by atoms with van der Waals surface area (Å²) in [7, 11) is 0. The molecule has 1 aliphatic rings. The summed E-state index contributed by atoms with van der Waals surface area (Å²) in [6.45, 7) is 12.1. The first-order valence-electron chi connectivity index (χ1n) is 8.68. The summed E-state index contributed by atoms with van der Waals surface area (Å²) in [4.78, 5) is 14.1. The third-order valence-electron chi connectivity index (χ3n) is 3.77. The number of aliphatic hydroxyl groups is 1. The first-order valence-corrected chi connectivity index (χ1v) is 8.68. The van der Waals surface area contributed by atoms with E-state index in [-0.39, 0.29) is 24.3 Å². The summed E-state index contributed by atoms with van der Waals surface area (Å²) in [5.74, 6) is 0. The lowest BCUT2D eigenvalue weighted by Crippen LogP contribution is -2.52. The fourth-order valence-corrected chi connectivity index (χ4v) is 2.65. The summed E-state index contributed by atoms with van der Waals surface area (Å²) in [6, 6.07) is 0.318. The smallest absolute Gasteiger partial charge is 0.410 e. The fourth-order valence-electron chi connectivity index (χ4n) is 2.65. The topological polar surface area (TPSA) is 71.0 Å². The molecular formula is C17H34N2O4. The van der Waals surface area contributed by atoms with Gasteiger partial charge in [-0.05, 0) is 60.4 Å². The molecule has 0 aromatic rings. The van der Waals surface area contributed by atoms with Gasteiger partial charge in [-0.3, -0.25) is 0 Å². The normalized spacial score (nSPS) is 21.8. The van der Waals surface area contributed by atoms with Gasteiger partial charge in [0.25, 0.3) is 0 Å². The minimum atomic E-state index is -0.481. The molecule has 3 unspecified atom stereocenters. The van der Waals surface area contributed by atoms with E-state index in [1.165, 1.54) is 0 Å². The maximum atomic E-state index is 12.3. The molecule has 0 aromatic carbocycles. The number of aliphatic hydroxyl groups excluding tert-OH is 1. The van der Waals surface area contributed by atoms with Crippen molar-refractivity contribution in [1.82, 2.24) is 10.2 Å². The molecule has 0 aromatic heterocycles. The van der Waals surface area contributed by atoms with Gasteiger partial charge < -0.3 is 24.8 Å². The summed E-state index contributed by atoms with van der Waals surface area (Å²) in [5.41, 5.74) is -0.481. The zero-order valence-corrected chi connectivity index (χ0v) is 15.3. The van der Waals surface area contributed by atoms with Crippen LogP contribution in [-0.2, 0) is 9.47 Å². The van der Waals surface area contributed by atoms with Gasteiger partial charge >= 0.3 is 6.09 Å². The van der Waals surface area contributed by atoms with Crippen molar-refractivity contribution in [2.45, 2.75) is 77.7 Å². The van der Waals surface area contributed by atoms with Gasteiger partial charge in [-0.2, -0.15) is 0 Å². The average molecular weight is 330 g/mol. The molecule has 0 radical (unpaired) electrons. The van der Waals surface area contributed by atoms with E-state index >= 15 is 0 Å². The van der Waals surface area contributed by atoms with Crippen molar-refractivity contribution in [2.75, 3.05) is 26.3 Å². The van der Waals surface area contributed by atoms with Crippen LogP contribution < -0.4 is 5.32 Å². The van der Waals surface area contributed by atoms with E-state index in [0.29, 0.717) is 19.8 Å². The van der Waals surface area contributed by atoms with Crippen LogP contribution >= 0.6 is 0 Å². The van der Waals surface area contributed by atoms with Crippen LogP contribution in [0.4, 0.5) is 4.79 Å². The lowest BCUT2D eigenvalue weighted by atomic mass is 10.1. The first kappa shape index (κ1) is 20.2. The van der Waals surface area contributed by atoms with Crippen molar-refractivity contribution in [1.29, 1.82) is 0 Å². The van der Waals surface area contributed by atoms with E-state index in [0.717, 1.165) is 25.8 Å². The second kappa shape index (κ2) is 9.45. The quantitative estimate of drug-likeness (QED) is 0.700. The van der Waals surface area contributed by atoms with Crippen molar-refractivity contribution in [3.63, 3.8) is 0 Å². The Labute approximate surface area is 140 Å². The molecule has 136 valence electrons. The van der Waals surface area contributed by atoms with Crippen molar-refractivity contribution < 1.29 is 19.4 Å². The summed E-state index contributed by atoms with van der Waals surface area (Å²) in [5, 5.41) is 12.7. The number of hydrogen-bond donors (Lipinski definition) is 2. The van der Waals surface area contributed by atoms with Gasteiger partial charge in [0.15, 0.2) is 0 Å². The molecule has 0 spiro atoms. The van der Waals surface area contributed by atoms with Crippen molar-refractivity contribution in [3.8, 4) is 0 Å². The molecule has 1 amide bonds. The Balaban J connectivity index is 2.43. The van der Waals surface area contributed by atoms with Crippen LogP contribution in [0.25, 0.3) is 0 Å². The Morgan fingerprint density at radius 1 is 1.43 bits per heavy atom. The van der Waals surface area contributed by atoms with Gasteiger partial charge in [-0.15, -0.1) is 0 Å². The number of ether oxygens (including phenoxy) is 2. The number of rotatable bonds is 7. The molecular weight excluding hydrogens is 296 g/mol. The first-order chi connectivity index (χ1) is 10.7. The van der Waals surface area contributed by atoms with Crippen LogP contribution in [0.1, 0.15) is 53.9 Å². The molecule has 1 aliphatic heterocycles. The standard InChI is InChI=1S/C17H34N2O4/c1-13(18-8-6-7-14(2)20)11-15-12-22-10-9-19(15)16(21)23-17(3,4)5/h13-15,18,20H,6-12H2,1-5H3. The van der Waals surface area contributed by atoms with E-state index in [2.05, 4.69) is 12.2 Å². The number of morpholine rings is 1. The molecule has 0 saturated carbocycles. The van der Waals surface area contributed by atoms with Gasteiger partial charge in [0.1, 0.15) is 5.60 Å². The Bertz CT molecular complexity index is 355. The number of amides is 1. The molecule has 3 atom stereocenters. The monoisotopic (exact) mass is 330 g/mol. The van der Waals surface area contributed by atoms with Crippen LogP contribution in [0.15, 0.2) is 0 Å². The van der Waals surface area contributed by atoms with E-state index in [1.54, 1.807) is 4.90 Å². The highest BCUT2D eigenvalue weighted by Crippen LogP contribution is 2.17. The molecule has 6 heteroatoms. The van der Waals surface area contributed by atoms with E-state index in [4.69, 9.17) is 9.47 Å². The molecule has 2 N–H and O–H groups in total. The molecule has 1 rings (SSSR count). The van der Waals surface area contributed by atoms with Crippen LogP contribution in [-0.4, -0.2) is 66.2 Å². The third-order valence-corrected chi connectivity index (χ3v) is 3.77. The molecule has 6 nitrogen and oxygen atoms in total. The SMILES string of the molecule is CC(O)CCCNC(C)CC1COCCN1C(=O)OC(C)(C)C. The highest BCUT2D eigenvalue weighted by atomic mass is 16.6. The average Bonchev–Trinajstić information content (AvgIpc) is 2.42. The number of nitrogens with one attached hydrogen (secondary N) is 1. The Morgan fingerprint density at radius 2 is 2.13 bits per heavy atom. The maximum absolute atomic E-state index is 12.3. The minimum Gasteiger partial charge on any atom is -0.444 e. The molecule has 1 heterocycles. The molecule has 0 aliphatic carbocycles. The van der Waals surface area contributed by atoms with Crippen molar-refractivity contribution >= 4 is 6.09 Å². The van der Waals surface area contributed by atoms with Crippen LogP contribution in [0.3, 0.4) is 0 Å². The molecule has 0 bridgehead atoms. The zero-order chi connectivity index (χ0) is 17.5. The lowest BCUT2D eigenvalue weighted by Gasteiger charge is -2.37. The summed E-state index contributed by atoms with van der Waals surface area (Å²) in [6.07, 6.45) is 2.07. The third kappa shape index (κ3) is 8.53. The molecule has 1 saturated heterocycles. The number of nitrogens with zero attached hydrogens (tertiary/aromatic N) is 1. The molecule has 1 fully saturated rings. The van der Waals surface area contributed by atoms with Gasteiger partial charge in [0.2, 0.25) is 0 Å². The highest BCUT2D eigenvalue weighted by Gasteiger charge is 2.31. The predicted octanol–water partition coefficient (Wildman–Crippen LogP) is 2.15. The fraction of sp³-hybridized carbons (Fsp3) is 0.941. The van der Waals surface area contributed by atoms with Gasteiger partial charge in [0.05, 0.1) is 25.4 Å². The van der Waals surface area contributed by atoms with Gasteiger partial charge in [0, 0.05) is 12.6 Å². The Hall–Kier alpha value is -0.850. The van der Waals surface area contributed by atoms with E-state index in [1.807, 2.05) is 27.7 Å². The van der Waals surface area contributed by atoms with Crippen LogP contribution in [0.2, 0.25) is 0 Å². The number of carbonyl (C=O) groups excluding carboxylic acids is 1. The lowest BCUT2D eigenvalue weighted by molar-refractivity contribution is -0.0355. The van der Waals surface area contributed by atoms with Gasteiger partial charge in [-0.1, -0.05) is 0 Å². The second-order valence-electron chi connectivity index (χ2n) is 7.48. The number of hydrogen-bond acceptors (Lipinski definition) is 5. The highest BCUT2D eigenvalue weighted by molar-refractivity contribution is 5.68. The van der Waals surface area contributed by atoms with E-state index < -0.39 is 5.60 Å². The Morgan fingerprint density at radius 3 is 2.74 bits per heavy atom. The van der Waals surface area contributed by atoms with Gasteiger partial charge in [-0.25, -0.2) is 4.79 Å². The zero-order valence-electron chi connectivity index (χ0n) is 15.3.